The number of carbonyl (C=O) groups is 1. The topological polar surface area (TPSA) is 51.2 Å². The van der Waals surface area contributed by atoms with Crippen molar-refractivity contribution in [1.29, 1.82) is 0 Å². The van der Waals surface area contributed by atoms with Gasteiger partial charge in [0.25, 0.3) is 5.17 Å². The lowest BCUT2D eigenvalue weighted by Crippen LogP contribution is -2.15. The van der Waals surface area contributed by atoms with E-state index in [1.54, 1.807) is 12.1 Å². The van der Waals surface area contributed by atoms with Crippen LogP contribution >= 0.6 is 23.8 Å². The normalized spacial score (nSPS) is 9.62. The minimum Gasteiger partial charge on any atom is -0.470 e. The van der Waals surface area contributed by atoms with E-state index in [0.29, 0.717) is 17.3 Å². The molecule has 0 aliphatic carbocycles. The number of ketones is 1. The molecule has 0 amide bonds. The van der Waals surface area contributed by atoms with Gasteiger partial charge in [0.15, 0.2) is 0 Å². The van der Waals surface area contributed by atoms with E-state index in [4.69, 9.17) is 28.6 Å². The van der Waals surface area contributed by atoms with Gasteiger partial charge in [-0.3, -0.25) is 4.79 Å². The van der Waals surface area contributed by atoms with E-state index < -0.39 is 0 Å². The number of anilines is 1. The van der Waals surface area contributed by atoms with Crippen LogP contribution in [0.3, 0.4) is 0 Å². The Morgan fingerprint density at radius 1 is 1.62 bits per heavy atom. The average molecular weight is 259 g/mol. The van der Waals surface area contributed by atoms with Crippen LogP contribution in [0.15, 0.2) is 18.3 Å². The van der Waals surface area contributed by atoms with Gasteiger partial charge in [0.1, 0.15) is 11.6 Å². The number of hydrogen-bond donors (Lipinski definition) is 1. The Hall–Kier alpha value is -1.20. The van der Waals surface area contributed by atoms with Crippen molar-refractivity contribution in [3.05, 3.63) is 23.4 Å². The highest BCUT2D eigenvalue weighted by Crippen LogP contribution is 2.09. The monoisotopic (exact) mass is 258 g/mol. The SMILES string of the molecule is CC(=O)CCOC(=S)Nc1ccc(Cl)cn1. The van der Waals surface area contributed by atoms with Gasteiger partial charge in [0.05, 0.1) is 11.6 Å². The number of halogens is 1. The third kappa shape index (κ3) is 5.04. The number of thiocarbonyl (C=S) groups is 1. The fourth-order valence-electron chi connectivity index (χ4n) is 0.878. The number of hydrogen-bond acceptors (Lipinski definition) is 4. The van der Waals surface area contributed by atoms with E-state index in [9.17, 15) is 4.79 Å². The van der Waals surface area contributed by atoms with Crippen molar-refractivity contribution in [3.63, 3.8) is 0 Å². The van der Waals surface area contributed by atoms with Gasteiger partial charge in [-0.25, -0.2) is 4.98 Å². The lowest BCUT2D eigenvalue weighted by Gasteiger charge is -2.07. The molecule has 0 atom stereocenters. The summed E-state index contributed by atoms with van der Waals surface area (Å²) in [6.07, 6.45) is 1.85. The summed E-state index contributed by atoms with van der Waals surface area (Å²) in [6.45, 7) is 1.77. The van der Waals surface area contributed by atoms with Gasteiger partial charge in [0.2, 0.25) is 0 Å². The Morgan fingerprint density at radius 3 is 2.94 bits per heavy atom. The quantitative estimate of drug-likeness (QED) is 0.841. The summed E-state index contributed by atoms with van der Waals surface area (Å²) < 4.78 is 5.11. The molecule has 0 saturated heterocycles. The number of Topliss-reactive ketones (excluding diaryl/α,β-unsaturated/α-hetero) is 1. The highest BCUT2D eigenvalue weighted by Gasteiger charge is 2.01. The maximum absolute atomic E-state index is 10.7. The van der Waals surface area contributed by atoms with Crippen LogP contribution < -0.4 is 5.32 Å². The van der Waals surface area contributed by atoms with Crippen LogP contribution in [0.2, 0.25) is 5.02 Å². The maximum Gasteiger partial charge on any atom is 0.262 e. The Kier molecular flexibility index (Phi) is 5.14. The van der Waals surface area contributed by atoms with Gasteiger partial charge < -0.3 is 10.1 Å². The second-order valence-corrected chi connectivity index (χ2v) is 3.88. The van der Waals surface area contributed by atoms with Gasteiger partial charge in [-0.2, -0.15) is 0 Å². The number of carbonyl (C=O) groups excluding carboxylic acids is 1. The van der Waals surface area contributed by atoms with Crippen molar-refractivity contribution in [2.75, 3.05) is 11.9 Å². The summed E-state index contributed by atoms with van der Waals surface area (Å²) in [6, 6.07) is 3.37. The zero-order valence-corrected chi connectivity index (χ0v) is 10.3. The Bertz CT molecular complexity index is 381. The first kappa shape index (κ1) is 12.9. The van der Waals surface area contributed by atoms with E-state index in [1.807, 2.05) is 0 Å². The third-order valence-corrected chi connectivity index (χ3v) is 2.09. The van der Waals surface area contributed by atoms with E-state index >= 15 is 0 Å². The molecule has 1 rings (SSSR count). The largest absolute Gasteiger partial charge is 0.470 e. The Balaban J connectivity index is 2.34. The molecule has 0 bridgehead atoms. The molecule has 1 aromatic heterocycles. The summed E-state index contributed by atoms with van der Waals surface area (Å²) in [7, 11) is 0. The van der Waals surface area contributed by atoms with E-state index in [-0.39, 0.29) is 17.6 Å². The molecule has 0 aromatic carbocycles. The van der Waals surface area contributed by atoms with Gasteiger partial charge in [-0.05, 0) is 31.3 Å². The zero-order valence-electron chi connectivity index (χ0n) is 8.70. The van der Waals surface area contributed by atoms with E-state index in [2.05, 4.69) is 10.3 Å². The predicted molar refractivity (Wildman–Crippen MR) is 66.7 cm³/mol. The highest BCUT2D eigenvalue weighted by atomic mass is 35.5. The number of rotatable bonds is 4. The van der Waals surface area contributed by atoms with E-state index in [1.165, 1.54) is 13.1 Å². The summed E-state index contributed by atoms with van der Waals surface area (Å²) in [5, 5.41) is 3.51. The van der Waals surface area contributed by atoms with Crippen LogP contribution in [0.25, 0.3) is 0 Å². The van der Waals surface area contributed by atoms with Crippen LogP contribution in [-0.4, -0.2) is 22.5 Å². The molecule has 1 heterocycles. The van der Waals surface area contributed by atoms with Crippen LogP contribution in [0.4, 0.5) is 5.82 Å². The van der Waals surface area contributed by atoms with Crippen LogP contribution in [0.1, 0.15) is 13.3 Å². The molecule has 16 heavy (non-hydrogen) atoms. The van der Waals surface area contributed by atoms with Crippen molar-refractivity contribution in [3.8, 4) is 0 Å². The van der Waals surface area contributed by atoms with Crippen molar-refractivity contribution >= 4 is 40.6 Å². The predicted octanol–water partition coefficient (Wildman–Crippen LogP) is 2.43. The molecular weight excluding hydrogens is 248 g/mol. The van der Waals surface area contributed by atoms with Crippen molar-refractivity contribution < 1.29 is 9.53 Å². The molecule has 0 spiro atoms. The molecule has 1 N–H and O–H groups in total. The van der Waals surface area contributed by atoms with E-state index in [0.717, 1.165) is 0 Å². The third-order valence-electron chi connectivity index (χ3n) is 1.64. The Labute approximate surface area is 104 Å². The summed E-state index contributed by atoms with van der Waals surface area (Å²) >= 11 is 10.6. The van der Waals surface area contributed by atoms with Gasteiger partial charge in [-0.1, -0.05) is 11.6 Å². The lowest BCUT2D eigenvalue weighted by atomic mass is 10.3. The van der Waals surface area contributed by atoms with Crippen molar-refractivity contribution in [2.24, 2.45) is 0 Å². The standard InChI is InChI=1S/C10H11ClN2O2S/c1-7(14)4-5-15-10(16)13-9-3-2-8(11)6-12-9/h2-3,6H,4-5H2,1H3,(H,12,13,16). The summed E-state index contributed by atoms with van der Waals surface area (Å²) in [5.41, 5.74) is 0. The number of ether oxygens (including phenoxy) is 1. The molecule has 0 aliphatic heterocycles. The molecule has 6 heteroatoms. The van der Waals surface area contributed by atoms with Gasteiger partial charge in [-0.15, -0.1) is 0 Å². The number of pyridine rings is 1. The first-order valence-electron chi connectivity index (χ1n) is 4.62. The van der Waals surface area contributed by atoms with Crippen LogP contribution in [0.5, 0.6) is 0 Å². The second kappa shape index (κ2) is 6.40. The van der Waals surface area contributed by atoms with Gasteiger partial charge >= 0.3 is 0 Å². The first-order valence-corrected chi connectivity index (χ1v) is 5.41. The fraction of sp³-hybridized carbons (Fsp3) is 0.300. The first-order chi connectivity index (χ1) is 7.58. The number of nitrogens with one attached hydrogen (secondary N) is 1. The lowest BCUT2D eigenvalue weighted by molar-refractivity contribution is -0.117. The van der Waals surface area contributed by atoms with Crippen LogP contribution in [-0.2, 0) is 9.53 Å². The molecule has 0 saturated carbocycles. The molecule has 0 unspecified atom stereocenters. The number of nitrogens with zero attached hydrogens (tertiary/aromatic N) is 1. The zero-order chi connectivity index (χ0) is 12.0. The molecule has 4 nitrogen and oxygen atoms in total. The average Bonchev–Trinajstić information content (AvgIpc) is 2.21. The summed E-state index contributed by atoms with van der Waals surface area (Å²) in [4.78, 5) is 14.6. The van der Waals surface area contributed by atoms with Crippen molar-refractivity contribution in [2.45, 2.75) is 13.3 Å². The van der Waals surface area contributed by atoms with Crippen LogP contribution in [0, 0.1) is 0 Å². The Morgan fingerprint density at radius 2 is 2.38 bits per heavy atom. The van der Waals surface area contributed by atoms with Gasteiger partial charge in [0, 0.05) is 12.6 Å². The minimum absolute atomic E-state index is 0.0624. The number of aromatic nitrogens is 1. The smallest absolute Gasteiger partial charge is 0.262 e. The minimum atomic E-state index is 0.0624. The molecule has 86 valence electrons. The second-order valence-electron chi connectivity index (χ2n) is 3.07. The molecule has 1 aromatic rings. The van der Waals surface area contributed by atoms with Crippen molar-refractivity contribution in [1.82, 2.24) is 4.98 Å². The molecule has 0 radical (unpaired) electrons. The molecular formula is C10H11ClN2O2S. The summed E-state index contributed by atoms with van der Waals surface area (Å²) in [5.74, 6) is 0.615. The highest BCUT2D eigenvalue weighted by molar-refractivity contribution is 7.80. The fourth-order valence-corrected chi connectivity index (χ4v) is 1.18. The molecule has 0 aliphatic rings. The molecule has 0 fully saturated rings. The maximum atomic E-state index is 10.7.